The third kappa shape index (κ3) is 5.15. The van der Waals surface area contributed by atoms with Gasteiger partial charge < -0.3 is 5.32 Å². The van der Waals surface area contributed by atoms with Crippen molar-refractivity contribution in [2.75, 3.05) is 12.3 Å². The van der Waals surface area contributed by atoms with Gasteiger partial charge in [0.05, 0.1) is 0 Å². The highest BCUT2D eigenvalue weighted by Crippen LogP contribution is 2.30. The minimum absolute atomic E-state index is 0.0972. The van der Waals surface area contributed by atoms with E-state index in [1.54, 1.807) is 6.07 Å². The molecular weight excluding hydrogens is 257 g/mol. The average molecular weight is 283 g/mol. The molecule has 1 rings (SSSR count). The van der Waals surface area contributed by atoms with Gasteiger partial charge >= 0.3 is 0 Å². The van der Waals surface area contributed by atoms with Crippen molar-refractivity contribution in [3.8, 4) is 0 Å². The van der Waals surface area contributed by atoms with Crippen molar-refractivity contribution in [2.45, 2.75) is 57.9 Å². The van der Waals surface area contributed by atoms with E-state index in [2.05, 4.69) is 26.1 Å². The number of unbranched alkanes of at least 4 members (excludes halogenated alkanes) is 1. The largest absolute Gasteiger partial charge is 0.310 e. The lowest BCUT2D eigenvalue weighted by atomic mass is 10.1. The molecule has 0 aliphatic carbocycles. The summed E-state index contributed by atoms with van der Waals surface area (Å²) in [4.78, 5) is 1.23. The number of halogens is 1. The van der Waals surface area contributed by atoms with Crippen LogP contribution in [0.3, 0.4) is 0 Å². The fourth-order valence-corrected chi connectivity index (χ4v) is 3.25. The van der Waals surface area contributed by atoms with E-state index in [1.807, 2.05) is 24.8 Å². The van der Waals surface area contributed by atoms with Crippen LogP contribution in [0.1, 0.15) is 57.2 Å². The van der Waals surface area contributed by atoms with Crippen molar-refractivity contribution >= 4 is 11.8 Å². The summed E-state index contributed by atoms with van der Waals surface area (Å²) >= 11 is 1.85. The SMILES string of the molecule is CCCCSc1cc(C)c(F)cc1C(C)NCCC. The van der Waals surface area contributed by atoms with Crippen LogP contribution in [0.15, 0.2) is 17.0 Å². The van der Waals surface area contributed by atoms with E-state index in [0.717, 1.165) is 29.8 Å². The van der Waals surface area contributed by atoms with Crippen molar-refractivity contribution in [3.63, 3.8) is 0 Å². The fraction of sp³-hybridized carbons (Fsp3) is 0.625. The Morgan fingerprint density at radius 3 is 2.63 bits per heavy atom. The standard InChI is InChI=1S/C16H26FNS/c1-5-7-9-19-16-10-12(3)15(17)11-14(16)13(4)18-8-6-2/h10-11,13,18H,5-9H2,1-4H3. The molecule has 0 bridgehead atoms. The number of hydrogen-bond donors (Lipinski definition) is 1. The van der Waals surface area contributed by atoms with Crippen LogP contribution < -0.4 is 5.32 Å². The first-order valence-corrected chi connectivity index (χ1v) is 8.24. The first-order chi connectivity index (χ1) is 9.10. The second-order valence-electron chi connectivity index (χ2n) is 5.02. The molecule has 0 aliphatic heterocycles. The van der Waals surface area contributed by atoms with E-state index >= 15 is 0 Å². The average Bonchev–Trinajstić information content (AvgIpc) is 2.40. The third-order valence-corrected chi connectivity index (χ3v) is 4.37. The Balaban J connectivity index is 2.88. The van der Waals surface area contributed by atoms with E-state index < -0.39 is 0 Å². The summed E-state index contributed by atoms with van der Waals surface area (Å²) in [5.74, 6) is 1.01. The Hall–Kier alpha value is -0.540. The van der Waals surface area contributed by atoms with Gasteiger partial charge in [-0.15, -0.1) is 11.8 Å². The summed E-state index contributed by atoms with van der Waals surface area (Å²) in [5, 5.41) is 3.45. The van der Waals surface area contributed by atoms with E-state index in [-0.39, 0.29) is 11.9 Å². The Kier molecular flexibility index (Phi) is 7.47. The number of hydrogen-bond acceptors (Lipinski definition) is 2. The van der Waals surface area contributed by atoms with E-state index in [4.69, 9.17) is 0 Å². The Morgan fingerprint density at radius 1 is 1.26 bits per heavy atom. The molecule has 108 valence electrons. The van der Waals surface area contributed by atoms with Crippen LogP contribution in [0, 0.1) is 12.7 Å². The molecule has 1 aromatic rings. The molecule has 0 aliphatic rings. The zero-order chi connectivity index (χ0) is 14.3. The molecule has 1 nitrogen and oxygen atoms in total. The predicted molar refractivity (Wildman–Crippen MR) is 83.5 cm³/mol. The van der Waals surface area contributed by atoms with Crippen LogP contribution >= 0.6 is 11.8 Å². The van der Waals surface area contributed by atoms with Crippen molar-refractivity contribution in [3.05, 3.63) is 29.1 Å². The van der Waals surface area contributed by atoms with Gasteiger partial charge in [-0.3, -0.25) is 0 Å². The smallest absolute Gasteiger partial charge is 0.126 e. The van der Waals surface area contributed by atoms with Crippen molar-refractivity contribution in [2.24, 2.45) is 0 Å². The first-order valence-electron chi connectivity index (χ1n) is 7.26. The molecule has 0 heterocycles. The molecule has 3 heteroatoms. The topological polar surface area (TPSA) is 12.0 Å². The Labute approximate surface area is 121 Å². The highest BCUT2D eigenvalue weighted by atomic mass is 32.2. The van der Waals surface area contributed by atoms with Crippen LogP contribution in [0.4, 0.5) is 4.39 Å². The molecule has 0 fully saturated rings. The van der Waals surface area contributed by atoms with E-state index in [1.165, 1.54) is 17.7 Å². The van der Waals surface area contributed by atoms with Crippen molar-refractivity contribution < 1.29 is 4.39 Å². The van der Waals surface area contributed by atoms with E-state index in [0.29, 0.717) is 0 Å². The van der Waals surface area contributed by atoms with Gasteiger partial charge in [-0.1, -0.05) is 20.3 Å². The number of thioether (sulfide) groups is 1. The summed E-state index contributed by atoms with van der Waals surface area (Å²) < 4.78 is 13.8. The molecular formula is C16H26FNS. The second kappa shape index (κ2) is 8.60. The van der Waals surface area contributed by atoms with Gasteiger partial charge in [0.1, 0.15) is 5.82 Å². The van der Waals surface area contributed by atoms with Crippen LogP contribution in [-0.4, -0.2) is 12.3 Å². The summed E-state index contributed by atoms with van der Waals surface area (Å²) in [5.41, 5.74) is 1.84. The lowest BCUT2D eigenvalue weighted by Gasteiger charge is -2.18. The molecule has 0 radical (unpaired) electrons. The fourth-order valence-electron chi connectivity index (χ4n) is 1.93. The van der Waals surface area contributed by atoms with Gasteiger partial charge in [-0.05, 0) is 62.2 Å². The van der Waals surface area contributed by atoms with Gasteiger partial charge in [-0.2, -0.15) is 0 Å². The van der Waals surface area contributed by atoms with Gasteiger partial charge in [0.2, 0.25) is 0 Å². The monoisotopic (exact) mass is 283 g/mol. The number of rotatable bonds is 8. The van der Waals surface area contributed by atoms with Gasteiger partial charge in [0, 0.05) is 10.9 Å². The summed E-state index contributed by atoms with van der Waals surface area (Å²) in [6, 6.07) is 3.91. The summed E-state index contributed by atoms with van der Waals surface area (Å²) in [6.45, 7) is 9.27. The van der Waals surface area contributed by atoms with Crippen molar-refractivity contribution in [1.82, 2.24) is 5.32 Å². The summed E-state index contributed by atoms with van der Waals surface area (Å²) in [7, 11) is 0. The minimum Gasteiger partial charge on any atom is -0.310 e. The lowest BCUT2D eigenvalue weighted by Crippen LogP contribution is -2.20. The quantitative estimate of drug-likeness (QED) is 0.527. The molecule has 0 amide bonds. The first kappa shape index (κ1) is 16.5. The Bertz CT molecular complexity index is 393. The molecule has 1 aromatic carbocycles. The number of benzene rings is 1. The van der Waals surface area contributed by atoms with Crippen LogP contribution in [0.25, 0.3) is 0 Å². The van der Waals surface area contributed by atoms with Crippen molar-refractivity contribution in [1.29, 1.82) is 0 Å². The van der Waals surface area contributed by atoms with Gasteiger partial charge in [0.15, 0.2) is 0 Å². The maximum Gasteiger partial charge on any atom is 0.126 e. The zero-order valence-corrected chi connectivity index (χ0v) is 13.4. The third-order valence-electron chi connectivity index (χ3n) is 3.21. The zero-order valence-electron chi connectivity index (χ0n) is 12.6. The number of nitrogens with one attached hydrogen (secondary N) is 1. The molecule has 0 saturated heterocycles. The predicted octanol–water partition coefficient (Wildman–Crippen LogP) is 5.09. The molecule has 19 heavy (non-hydrogen) atoms. The van der Waals surface area contributed by atoms with Crippen LogP contribution in [-0.2, 0) is 0 Å². The molecule has 0 spiro atoms. The second-order valence-corrected chi connectivity index (χ2v) is 6.15. The number of aryl methyl sites for hydroxylation is 1. The molecule has 1 N–H and O–H groups in total. The molecule has 0 saturated carbocycles. The molecule has 1 unspecified atom stereocenters. The van der Waals surface area contributed by atoms with Crippen LogP contribution in [0.2, 0.25) is 0 Å². The molecule has 0 aromatic heterocycles. The minimum atomic E-state index is -0.0972. The Morgan fingerprint density at radius 2 is 2.00 bits per heavy atom. The van der Waals surface area contributed by atoms with Gasteiger partial charge in [0.25, 0.3) is 0 Å². The highest BCUT2D eigenvalue weighted by molar-refractivity contribution is 7.99. The van der Waals surface area contributed by atoms with Crippen LogP contribution in [0.5, 0.6) is 0 Å². The normalized spacial score (nSPS) is 12.7. The summed E-state index contributed by atoms with van der Waals surface area (Å²) in [6.07, 6.45) is 3.50. The maximum absolute atomic E-state index is 13.8. The molecule has 1 atom stereocenters. The maximum atomic E-state index is 13.8. The van der Waals surface area contributed by atoms with Gasteiger partial charge in [-0.25, -0.2) is 4.39 Å². The van der Waals surface area contributed by atoms with E-state index in [9.17, 15) is 4.39 Å². The lowest BCUT2D eigenvalue weighted by molar-refractivity contribution is 0.552. The highest BCUT2D eigenvalue weighted by Gasteiger charge is 2.13.